The van der Waals surface area contributed by atoms with Crippen LogP contribution in [-0.2, 0) is 11.2 Å². The van der Waals surface area contributed by atoms with Crippen molar-refractivity contribution in [3.63, 3.8) is 0 Å². The Morgan fingerprint density at radius 2 is 2.11 bits per heavy atom. The lowest BCUT2D eigenvalue weighted by molar-refractivity contribution is -0.127. The average molecular weight is 266 g/mol. The van der Waals surface area contributed by atoms with Crippen LogP contribution in [0.5, 0.6) is 0 Å². The number of nitrogens with one attached hydrogen (secondary N) is 1. The summed E-state index contributed by atoms with van der Waals surface area (Å²) in [5.74, 6) is 0.372. The van der Waals surface area contributed by atoms with Gasteiger partial charge in [-0.2, -0.15) is 0 Å². The van der Waals surface area contributed by atoms with Crippen LogP contribution in [0.4, 0.5) is 0 Å². The van der Waals surface area contributed by atoms with Gasteiger partial charge in [0.15, 0.2) is 0 Å². The highest BCUT2D eigenvalue weighted by Crippen LogP contribution is 2.33. The van der Waals surface area contributed by atoms with Gasteiger partial charge >= 0.3 is 0 Å². The smallest absolute Gasteiger partial charge is 0.144 e. The minimum absolute atomic E-state index is 0.131. The van der Waals surface area contributed by atoms with Gasteiger partial charge in [-0.1, -0.05) is 37.1 Å². The van der Waals surface area contributed by atoms with Crippen LogP contribution >= 0.6 is 11.6 Å². The highest BCUT2D eigenvalue weighted by molar-refractivity contribution is 6.30. The second-order valence-corrected chi connectivity index (χ2v) is 5.62. The molecule has 1 aromatic carbocycles. The summed E-state index contributed by atoms with van der Waals surface area (Å²) in [6.45, 7) is 3.95. The molecular weight excluding hydrogens is 246 g/mol. The van der Waals surface area contributed by atoms with Crippen LogP contribution < -0.4 is 5.32 Å². The first-order chi connectivity index (χ1) is 8.66. The zero-order valence-electron chi connectivity index (χ0n) is 10.8. The van der Waals surface area contributed by atoms with Gasteiger partial charge in [0.05, 0.1) is 0 Å². The number of ketones is 1. The van der Waals surface area contributed by atoms with Gasteiger partial charge in [-0.25, -0.2) is 0 Å². The summed E-state index contributed by atoms with van der Waals surface area (Å²) in [4.78, 5) is 12.5. The predicted octanol–water partition coefficient (Wildman–Crippen LogP) is 3.23. The lowest BCUT2D eigenvalue weighted by Crippen LogP contribution is -2.34. The van der Waals surface area contributed by atoms with Crippen LogP contribution in [0.2, 0.25) is 5.02 Å². The van der Waals surface area contributed by atoms with E-state index < -0.39 is 0 Å². The van der Waals surface area contributed by atoms with E-state index in [0.717, 1.165) is 42.9 Å². The topological polar surface area (TPSA) is 29.1 Å². The Hall–Kier alpha value is -0.860. The molecule has 1 atom stereocenters. The monoisotopic (exact) mass is 265 g/mol. The first-order valence-electron chi connectivity index (χ1n) is 6.65. The number of halogens is 1. The van der Waals surface area contributed by atoms with Gasteiger partial charge in [0.25, 0.3) is 0 Å². The number of benzene rings is 1. The molecule has 0 spiro atoms. The summed E-state index contributed by atoms with van der Waals surface area (Å²) in [6, 6.07) is 7.59. The van der Waals surface area contributed by atoms with E-state index in [1.165, 1.54) is 0 Å². The molecule has 0 radical (unpaired) electrons. The lowest BCUT2D eigenvalue weighted by Gasteiger charge is -2.26. The Balaban J connectivity index is 2.07. The van der Waals surface area contributed by atoms with Gasteiger partial charge in [0.2, 0.25) is 0 Å². The van der Waals surface area contributed by atoms with E-state index in [1.807, 2.05) is 24.3 Å². The Morgan fingerprint density at radius 1 is 1.39 bits per heavy atom. The van der Waals surface area contributed by atoms with Gasteiger partial charge in [-0.3, -0.25) is 4.79 Å². The predicted molar refractivity (Wildman–Crippen MR) is 75.0 cm³/mol. The summed E-state index contributed by atoms with van der Waals surface area (Å²) in [5.41, 5.74) is 0.931. The molecule has 1 unspecified atom stereocenters. The van der Waals surface area contributed by atoms with E-state index >= 15 is 0 Å². The zero-order valence-corrected chi connectivity index (χ0v) is 11.6. The second kappa shape index (κ2) is 5.85. The molecule has 1 N–H and O–H groups in total. The van der Waals surface area contributed by atoms with Gasteiger partial charge < -0.3 is 5.32 Å². The van der Waals surface area contributed by atoms with E-state index in [1.54, 1.807) is 0 Å². The highest BCUT2D eigenvalue weighted by atomic mass is 35.5. The molecular formula is C15H20ClNO. The lowest BCUT2D eigenvalue weighted by atomic mass is 9.76. The van der Waals surface area contributed by atoms with E-state index in [0.29, 0.717) is 12.2 Å². The third-order valence-corrected chi connectivity index (χ3v) is 4.09. The van der Waals surface area contributed by atoms with Crippen LogP contribution in [0.25, 0.3) is 0 Å². The quantitative estimate of drug-likeness (QED) is 0.886. The molecule has 1 aliphatic rings. The summed E-state index contributed by atoms with van der Waals surface area (Å²) >= 11 is 5.86. The fourth-order valence-corrected chi connectivity index (χ4v) is 2.91. The van der Waals surface area contributed by atoms with Crippen LogP contribution in [0, 0.1) is 5.41 Å². The van der Waals surface area contributed by atoms with Crippen molar-refractivity contribution >= 4 is 17.4 Å². The molecule has 98 valence electrons. The fraction of sp³-hybridized carbons (Fsp3) is 0.533. The standard InChI is InChI=1S/C15H20ClNO/c1-2-7-15(8-9-17-11-15)14(18)10-12-3-5-13(16)6-4-12/h3-6,17H,2,7-11H2,1H3. The summed E-state index contributed by atoms with van der Waals surface area (Å²) < 4.78 is 0. The molecule has 1 saturated heterocycles. The van der Waals surface area contributed by atoms with E-state index in [4.69, 9.17) is 11.6 Å². The molecule has 0 saturated carbocycles. The molecule has 3 heteroatoms. The van der Waals surface area contributed by atoms with E-state index in [9.17, 15) is 4.79 Å². The second-order valence-electron chi connectivity index (χ2n) is 5.18. The van der Waals surface area contributed by atoms with Gasteiger partial charge in [-0.05, 0) is 37.1 Å². The van der Waals surface area contributed by atoms with Crippen molar-refractivity contribution in [1.29, 1.82) is 0 Å². The van der Waals surface area contributed by atoms with E-state index in [2.05, 4.69) is 12.2 Å². The highest BCUT2D eigenvalue weighted by Gasteiger charge is 2.39. The van der Waals surface area contributed by atoms with Crippen LogP contribution in [0.3, 0.4) is 0 Å². The molecule has 1 heterocycles. The number of hydrogen-bond acceptors (Lipinski definition) is 2. The summed E-state index contributed by atoms with van der Waals surface area (Å²) in [5, 5.41) is 4.05. The van der Waals surface area contributed by atoms with Crippen molar-refractivity contribution in [1.82, 2.24) is 5.32 Å². The molecule has 1 fully saturated rings. The number of carbonyl (C=O) groups excluding carboxylic acids is 1. The summed E-state index contributed by atoms with van der Waals surface area (Å²) in [6.07, 6.45) is 3.56. The minimum Gasteiger partial charge on any atom is -0.316 e. The molecule has 0 amide bonds. The van der Waals surface area contributed by atoms with Crippen LogP contribution in [-0.4, -0.2) is 18.9 Å². The molecule has 1 aliphatic heterocycles. The normalized spacial score (nSPS) is 23.2. The Morgan fingerprint density at radius 3 is 2.67 bits per heavy atom. The summed E-state index contributed by atoms with van der Waals surface area (Å²) in [7, 11) is 0. The van der Waals surface area contributed by atoms with Crippen molar-refractivity contribution in [2.45, 2.75) is 32.6 Å². The molecule has 2 nitrogen and oxygen atoms in total. The number of Topliss-reactive ketones (excluding diaryl/α,β-unsaturated/α-hetero) is 1. The average Bonchev–Trinajstić information content (AvgIpc) is 2.82. The Labute approximate surface area is 114 Å². The first kappa shape index (κ1) is 13.6. The molecule has 1 aromatic rings. The third-order valence-electron chi connectivity index (χ3n) is 3.84. The molecule has 18 heavy (non-hydrogen) atoms. The maximum Gasteiger partial charge on any atom is 0.144 e. The maximum absolute atomic E-state index is 12.5. The molecule has 2 rings (SSSR count). The maximum atomic E-state index is 12.5. The molecule has 0 aromatic heterocycles. The first-order valence-corrected chi connectivity index (χ1v) is 7.02. The van der Waals surface area contributed by atoms with Gasteiger partial charge in [0, 0.05) is 23.4 Å². The number of rotatable bonds is 5. The fourth-order valence-electron chi connectivity index (χ4n) is 2.79. The van der Waals surface area contributed by atoms with Crippen molar-refractivity contribution in [2.75, 3.05) is 13.1 Å². The van der Waals surface area contributed by atoms with Gasteiger partial charge in [-0.15, -0.1) is 0 Å². The Kier molecular flexibility index (Phi) is 4.41. The minimum atomic E-state index is -0.131. The van der Waals surface area contributed by atoms with Crippen molar-refractivity contribution in [2.24, 2.45) is 5.41 Å². The van der Waals surface area contributed by atoms with Gasteiger partial charge in [0.1, 0.15) is 5.78 Å². The molecule has 0 bridgehead atoms. The molecule has 0 aliphatic carbocycles. The Bertz CT molecular complexity index is 407. The van der Waals surface area contributed by atoms with Crippen molar-refractivity contribution < 1.29 is 4.79 Å². The zero-order chi connectivity index (χ0) is 13.0. The third kappa shape index (κ3) is 2.93. The van der Waals surface area contributed by atoms with E-state index in [-0.39, 0.29) is 5.41 Å². The van der Waals surface area contributed by atoms with Crippen molar-refractivity contribution in [3.05, 3.63) is 34.9 Å². The SMILES string of the molecule is CCCC1(C(=O)Cc2ccc(Cl)cc2)CCNC1. The van der Waals surface area contributed by atoms with Crippen molar-refractivity contribution in [3.8, 4) is 0 Å². The number of hydrogen-bond donors (Lipinski definition) is 1. The van der Waals surface area contributed by atoms with Crippen LogP contribution in [0.1, 0.15) is 31.7 Å². The largest absolute Gasteiger partial charge is 0.316 e. The number of carbonyl (C=O) groups is 1. The van der Waals surface area contributed by atoms with Crippen LogP contribution in [0.15, 0.2) is 24.3 Å².